The number of aliphatic hydroxyl groups is 8. The largest absolute Gasteiger partial charge is 0.394 e. The highest BCUT2D eigenvalue weighted by atomic mass is 16.4. The van der Waals surface area contributed by atoms with E-state index >= 15 is 0 Å². The maximum atomic E-state index is 9.41. The number of hydrogen-bond acceptors (Lipinski definition) is 9. The van der Waals surface area contributed by atoms with Crippen LogP contribution < -0.4 is 5.32 Å². The van der Waals surface area contributed by atoms with Gasteiger partial charge >= 0.3 is 0 Å². The van der Waals surface area contributed by atoms with Gasteiger partial charge in [-0.25, -0.2) is 0 Å². The molecule has 0 radical (unpaired) electrons. The van der Waals surface area contributed by atoms with Crippen LogP contribution in [0.1, 0.15) is 0 Å². The molecule has 0 aliphatic carbocycles. The number of nitrogens with one attached hydrogen (secondary N) is 1. The summed E-state index contributed by atoms with van der Waals surface area (Å²) in [7, 11) is 0. The van der Waals surface area contributed by atoms with Crippen LogP contribution in [0, 0.1) is 0 Å². The van der Waals surface area contributed by atoms with E-state index in [2.05, 4.69) is 5.32 Å². The molecule has 19 heavy (non-hydrogen) atoms. The highest BCUT2D eigenvalue weighted by Crippen LogP contribution is 2.01. The number of rotatable bonds is 10. The molecule has 0 spiro atoms. The molecule has 0 aromatic rings. The lowest BCUT2D eigenvalue weighted by molar-refractivity contribution is -0.0830. The maximum Gasteiger partial charge on any atom is 0.109 e. The summed E-state index contributed by atoms with van der Waals surface area (Å²) in [4.78, 5) is 0. The second kappa shape index (κ2) is 9.53. The molecule has 0 heterocycles. The van der Waals surface area contributed by atoms with E-state index in [1.165, 1.54) is 0 Å². The van der Waals surface area contributed by atoms with Gasteiger partial charge in [-0.1, -0.05) is 0 Å². The molecule has 9 nitrogen and oxygen atoms in total. The molecule has 9 heteroatoms. The van der Waals surface area contributed by atoms with Gasteiger partial charge in [0, 0.05) is 13.1 Å². The van der Waals surface area contributed by atoms with E-state index in [-0.39, 0.29) is 13.1 Å². The first-order valence-corrected chi connectivity index (χ1v) is 5.86. The molecular formula is C10H23NO8. The standard InChI is InChI=1S/C10H23NO8/c12-3-7(16)9(18)5(14)1-11-2-6(15)10(19)8(17)4-13/h5-19H,1-4H2. The average Bonchev–Trinajstić information content (AvgIpc) is 2.43. The minimum atomic E-state index is -1.55. The Kier molecular flexibility index (Phi) is 9.35. The van der Waals surface area contributed by atoms with Gasteiger partial charge in [-0.15, -0.1) is 0 Å². The molecule has 6 unspecified atom stereocenters. The molecule has 0 amide bonds. The van der Waals surface area contributed by atoms with Crippen LogP contribution in [0.5, 0.6) is 0 Å². The third-order valence-electron chi connectivity index (χ3n) is 2.66. The van der Waals surface area contributed by atoms with E-state index in [1.807, 2.05) is 0 Å². The Morgan fingerprint density at radius 2 is 0.895 bits per heavy atom. The van der Waals surface area contributed by atoms with Crippen molar-refractivity contribution in [2.45, 2.75) is 36.6 Å². The number of aliphatic hydroxyl groups excluding tert-OH is 8. The highest BCUT2D eigenvalue weighted by molar-refractivity contribution is 4.79. The van der Waals surface area contributed by atoms with Crippen LogP contribution in [0.2, 0.25) is 0 Å². The topological polar surface area (TPSA) is 174 Å². The third kappa shape index (κ3) is 6.56. The second-order valence-electron chi connectivity index (χ2n) is 4.27. The van der Waals surface area contributed by atoms with E-state index in [1.54, 1.807) is 0 Å². The predicted octanol–water partition coefficient (Wildman–Crippen LogP) is -5.27. The molecule has 0 saturated heterocycles. The minimum absolute atomic E-state index is 0.211. The molecule has 0 bridgehead atoms. The van der Waals surface area contributed by atoms with E-state index in [4.69, 9.17) is 20.4 Å². The van der Waals surface area contributed by atoms with E-state index in [9.17, 15) is 20.4 Å². The van der Waals surface area contributed by atoms with Gasteiger partial charge in [-0.3, -0.25) is 0 Å². The fraction of sp³-hybridized carbons (Fsp3) is 1.00. The summed E-state index contributed by atoms with van der Waals surface area (Å²) in [6.45, 7) is -1.83. The molecule has 9 N–H and O–H groups in total. The summed E-state index contributed by atoms with van der Waals surface area (Å²) in [5.74, 6) is 0. The molecule has 0 aromatic carbocycles. The Hall–Kier alpha value is -0.360. The summed E-state index contributed by atoms with van der Waals surface area (Å²) < 4.78 is 0. The van der Waals surface area contributed by atoms with Gasteiger partial charge in [-0.2, -0.15) is 0 Å². The van der Waals surface area contributed by atoms with Crippen molar-refractivity contribution in [2.24, 2.45) is 0 Å². The zero-order chi connectivity index (χ0) is 15.0. The van der Waals surface area contributed by atoms with Crippen molar-refractivity contribution in [1.82, 2.24) is 5.32 Å². The third-order valence-corrected chi connectivity index (χ3v) is 2.66. The van der Waals surface area contributed by atoms with Crippen LogP contribution >= 0.6 is 0 Å². The van der Waals surface area contributed by atoms with Gasteiger partial charge in [0.15, 0.2) is 0 Å². The van der Waals surface area contributed by atoms with Crippen molar-refractivity contribution in [1.29, 1.82) is 0 Å². The van der Waals surface area contributed by atoms with E-state index in [0.717, 1.165) is 0 Å². The van der Waals surface area contributed by atoms with Gasteiger partial charge in [0.2, 0.25) is 0 Å². The number of hydrogen-bond donors (Lipinski definition) is 9. The predicted molar refractivity (Wildman–Crippen MR) is 63.1 cm³/mol. The Morgan fingerprint density at radius 1 is 0.579 bits per heavy atom. The normalized spacial score (nSPS) is 21.5. The van der Waals surface area contributed by atoms with Crippen molar-refractivity contribution in [3.63, 3.8) is 0 Å². The summed E-state index contributed by atoms with van der Waals surface area (Å²) in [6.07, 6.45) is -8.83. The molecule has 0 fully saturated rings. The Labute approximate surface area is 110 Å². The van der Waals surface area contributed by atoms with Crippen molar-refractivity contribution >= 4 is 0 Å². The Bertz CT molecular complexity index is 210. The summed E-state index contributed by atoms with van der Waals surface area (Å²) >= 11 is 0. The SMILES string of the molecule is OCC(O)C(O)C(O)CNCC(O)C(O)C(O)CO. The monoisotopic (exact) mass is 285 g/mol. The van der Waals surface area contributed by atoms with Crippen molar-refractivity contribution in [3.8, 4) is 0 Å². The van der Waals surface area contributed by atoms with Crippen LogP contribution in [0.3, 0.4) is 0 Å². The molecule has 0 aliphatic heterocycles. The molecule has 0 aromatic heterocycles. The Balaban J connectivity index is 3.96. The van der Waals surface area contributed by atoms with Gasteiger partial charge in [-0.05, 0) is 0 Å². The lowest BCUT2D eigenvalue weighted by Gasteiger charge is -2.24. The van der Waals surface area contributed by atoms with Gasteiger partial charge in [0.25, 0.3) is 0 Å². The van der Waals surface area contributed by atoms with Crippen molar-refractivity contribution in [3.05, 3.63) is 0 Å². The molecule has 6 atom stereocenters. The van der Waals surface area contributed by atoms with Crippen LogP contribution in [0.25, 0.3) is 0 Å². The molecule has 0 rings (SSSR count). The van der Waals surface area contributed by atoms with Crippen LogP contribution in [0.15, 0.2) is 0 Å². The van der Waals surface area contributed by atoms with Crippen LogP contribution in [-0.2, 0) is 0 Å². The second-order valence-corrected chi connectivity index (χ2v) is 4.27. The first-order chi connectivity index (χ1) is 8.84. The molecule has 116 valence electrons. The first-order valence-electron chi connectivity index (χ1n) is 5.86. The zero-order valence-electron chi connectivity index (χ0n) is 10.4. The first kappa shape index (κ1) is 18.6. The summed E-state index contributed by atoms with van der Waals surface area (Å²) in [5.41, 5.74) is 0. The zero-order valence-corrected chi connectivity index (χ0v) is 10.4. The smallest absolute Gasteiger partial charge is 0.109 e. The van der Waals surface area contributed by atoms with Crippen LogP contribution in [0.4, 0.5) is 0 Å². The lowest BCUT2D eigenvalue weighted by atomic mass is 10.1. The fourth-order valence-corrected chi connectivity index (χ4v) is 1.35. The molecular weight excluding hydrogens is 262 g/mol. The van der Waals surface area contributed by atoms with Crippen LogP contribution in [-0.4, -0.2) is 104 Å². The van der Waals surface area contributed by atoms with Gasteiger partial charge < -0.3 is 46.2 Å². The minimum Gasteiger partial charge on any atom is -0.394 e. The van der Waals surface area contributed by atoms with Crippen molar-refractivity contribution < 1.29 is 40.9 Å². The molecule has 0 saturated carbocycles. The summed E-state index contributed by atoms with van der Waals surface area (Å²) in [5, 5.41) is 75.2. The van der Waals surface area contributed by atoms with E-state index < -0.39 is 49.8 Å². The average molecular weight is 285 g/mol. The fourth-order valence-electron chi connectivity index (χ4n) is 1.35. The van der Waals surface area contributed by atoms with E-state index in [0.29, 0.717) is 0 Å². The highest BCUT2D eigenvalue weighted by Gasteiger charge is 2.26. The quantitative estimate of drug-likeness (QED) is 0.190. The maximum absolute atomic E-state index is 9.41. The lowest BCUT2D eigenvalue weighted by Crippen LogP contribution is -2.48. The van der Waals surface area contributed by atoms with Gasteiger partial charge in [0.05, 0.1) is 25.4 Å². The van der Waals surface area contributed by atoms with Crippen molar-refractivity contribution in [2.75, 3.05) is 26.3 Å². The van der Waals surface area contributed by atoms with Gasteiger partial charge in [0.1, 0.15) is 24.4 Å². The summed E-state index contributed by atoms with van der Waals surface area (Å²) in [6, 6.07) is 0. The Morgan fingerprint density at radius 3 is 1.16 bits per heavy atom. The molecule has 0 aliphatic rings.